The second-order valence-electron chi connectivity index (χ2n) is 4.69. The van der Waals surface area contributed by atoms with Gasteiger partial charge in [0.15, 0.2) is 0 Å². The van der Waals surface area contributed by atoms with Gasteiger partial charge in [-0.2, -0.15) is 0 Å². The van der Waals surface area contributed by atoms with Gasteiger partial charge in [0, 0.05) is 17.1 Å². The van der Waals surface area contributed by atoms with Crippen LogP contribution in [0.15, 0.2) is 16.6 Å². The van der Waals surface area contributed by atoms with Crippen molar-refractivity contribution in [1.29, 1.82) is 0 Å². The number of amides is 1. The predicted molar refractivity (Wildman–Crippen MR) is 76.3 cm³/mol. The summed E-state index contributed by atoms with van der Waals surface area (Å²) in [5.74, 6) is -0.724. The van der Waals surface area contributed by atoms with Crippen molar-refractivity contribution in [3.8, 4) is 0 Å². The minimum atomic E-state index is -0.570. The Morgan fingerprint density at radius 3 is 2.68 bits per heavy atom. The van der Waals surface area contributed by atoms with E-state index in [4.69, 9.17) is 10.8 Å². The van der Waals surface area contributed by atoms with E-state index in [1.54, 1.807) is 0 Å². The number of rotatable bonds is 5. The molecule has 1 aromatic carbocycles. The van der Waals surface area contributed by atoms with Crippen LogP contribution in [0, 0.1) is 11.7 Å². The van der Waals surface area contributed by atoms with Crippen molar-refractivity contribution < 1.29 is 14.3 Å². The fraction of sp³-hybridized carbons (Fsp3) is 0.462. The topological polar surface area (TPSA) is 75.3 Å². The van der Waals surface area contributed by atoms with Crippen molar-refractivity contribution in [2.75, 3.05) is 12.3 Å². The van der Waals surface area contributed by atoms with Crippen molar-refractivity contribution in [2.24, 2.45) is 5.92 Å². The summed E-state index contributed by atoms with van der Waals surface area (Å²) in [6.07, 6.45) is 0.470. The highest BCUT2D eigenvalue weighted by atomic mass is 79.9. The molecule has 1 atom stereocenters. The molecule has 4 nitrogen and oxygen atoms in total. The van der Waals surface area contributed by atoms with Crippen LogP contribution in [0.5, 0.6) is 0 Å². The number of carbonyl (C=O) groups excluding carboxylic acids is 1. The van der Waals surface area contributed by atoms with Crippen LogP contribution >= 0.6 is 15.9 Å². The molecular formula is C13H18BrFN2O2. The van der Waals surface area contributed by atoms with E-state index in [1.807, 2.05) is 13.8 Å². The summed E-state index contributed by atoms with van der Waals surface area (Å²) in [5.41, 5.74) is 5.67. The van der Waals surface area contributed by atoms with Crippen LogP contribution in [0.3, 0.4) is 0 Å². The zero-order valence-electron chi connectivity index (χ0n) is 10.9. The minimum Gasteiger partial charge on any atom is -0.396 e. The normalized spacial score (nSPS) is 12.5. The third kappa shape index (κ3) is 4.18. The van der Waals surface area contributed by atoms with E-state index in [0.717, 1.165) is 0 Å². The van der Waals surface area contributed by atoms with Crippen LogP contribution < -0.4 is 11.1 Å². The number of aliphatic hydroxyl groups is 1. The fourth-order valence-electron chi connectivity index (χ4n) is 1.70. The number of nitrogens with one attached hydrogen (secondary N) is 1. The Labute approximate surface area is 120 Å². The molecule has 1 aromatic rings. The SMILES string of the molecule is CC(C)C(CCO)NC(=O)c1cc(N)c(F)cc1Br. The molecular weight excluding hydrogens is 315 g/mol. The maximum atomic E-state index is 13.2. The summed E-state index contributed by atoms with van der Waals surface area (Å²) in [7, 11) is 0. The third-order valence-electron chi connectivity index (χ3n) is 2.89. The first-order valence-electron chi connectivity index (χ1n) is 6.03. The average molecular weight is 333 g/mol. The Hall–Kier alpha value is -1.14. The Morgan fingerprint density at radius 2 is 2.16 bits per heavy atom. The van der Waals surface area contributed by atoms with E-state index in [2.05, 4.69) is 21.2 Å². The molecule has 1 rings (SSSR count). The predicted octanol–water partition coefficient (Wildman–Crippen LogP) is 2.31. The summed E-state index contributed by atoms with van der Waals surface area (Å²) in [4.78, 5) is 12.1. The summed E-state index contributed by atoms with van der Waals surface area (Å²) in [6, 6.07) is 2.32. The number of hydrogen-bond acceptors (Lipinski definition) is 3. The smallest absolute Gasteiger partial charge is 0.252 e. The summed E-state index contributed by atoms with van der Waals surface area (Å²) in [6.45, 7) is 3.90. The van der Waals surface area contributed by atoms with Gasteiger partial charge in [-0.05, 0) is 40.4 Å². The highest BCUT2D eigenvalue weighted by Crippen LogP contribution is 2.23. The van der Waals surface area contributed by atoms with Crippen molar-refractivity contribution >= 4 is 27.5 Å². The molecule has 0 fully saturated rings. The van der Waals surface area contributed by atoms with Gasteiger partial charge in [0.25, 0.3) is 5.91 Å². The Bertz CT molecular complexity index is 466. The molecule has 4 N–H and O–H groups in total. The molecule has 0 aliphatic rings. The summed E-state index contributed by atoms with van der Waals surface area (Å²) in [5, 5.41) is 11.8. The number of hydrogen-bond donors (Lipinski definition) is 3. The third-order valence-corrected chi connectivity index (χ3v) is 3.55. The summed E-state index contributed by atoms with van der Waals surface area (Å²) >= 11 is 3.14. The molecule has 0 saturated carbocycles. The van der Waals surface area contributed by atoms with Gasteiger partial charge in [0.1, 0.15) is 5.82 Å². The van der Waals surface area contributed by atoms with E-state index < -0.39 is 5.82 Å². The second-order valence-corrected chi connectivity index (χ2v) is 5.54. The number of nitrogen functional groups attached to an aromatic ring is 1. The molecule has 19 heavy (non-hydrogen) atoms. The van der Waals surface area contributed by atoms with Gasteiger partial charge in [-0.3, -0.25) is 4.79 Å². The van der Waals surface area contributed by atoms with E-state index in [-0.39, 0.29) is 35.7 Å². The first-order chi connectivity index (χ1) is 8.86. The molecule has 0 aromatic heterocycles. The zero-order chi connectivity index (χ0) is 14.6. The van der Waals surface area contributed by atoms with Crippen LogP contribution in [-0.2, 0) is 0 Å². The lowest BCUT2D eigenvalue weighted by atomic mass is 10.0. The van der Waals surface area contributed by atoms with E-state index in [9.17, 15) is 9.18 Å². The van der Waals surface area contributed by atoms with E-state index >= 15 is 0 Å². The second kappa shape index (κ2) is 6.86. The highest BCUT2D eigenvalue weighted by molar-refractivity contribution is 9.10. The number of anilines is 1. The van der Waals surface area contributed by atoms with Gasteiger partial charge >= 0.3 is 0 Å². The first-order valence-corrected chi connectivity index (χ1v) is 6.82. The van der Waals surface area contributed by atoms with Crippen LogP contribution in [0.25, 0.3) is 0 Å². The number of halogens is 2. The molecule has 0 heterocycles. The molecule has 0 saturated heterocycles. The monoisotopic (exact) mass is 332 g/mol. The molecule has 106 valence electrons. The van der Waals surface area contributed by atoms with Gasteiger partial charge in [-0.1, -0.05) is 13.8 Å². The Balaban J connectivity index is 2.91. The highest BCUT2D eigenvalue weighted by Gasteiger charge is 2.19. The number of carbonyl (C=O) groups is 1. The van der Waals surface area contributed by atoms with E-state index in [0.29, 0.717) is 10.9 Å². The zero-order valence-corrected chi connectivity index (χ0v) is 12.5. The standard InChI is InChI=1S/C13H18BrFN2O2/c1-7(2)12(3-4-18)17-13(19)8-5-11(16)10(15)6-9(8)14/h5-7,12,18H,3-4,16H2,1-2H3,(H,17,19). The maximum Gasteiger partial charge on any atom is 0.252 e. The summed E-state index contributed by atoms with van der Waals surface area (Å²) < 4.78 is 13.6. The lowest BCUT2D eigenvalue weighted by Gasteiger charge is -2.22. The van der Waals surface area contributed by atoms with Crippen LogP contribution in [0.2, 0.25) is 0 Å². The molecule has 0 bridgehead atoms. The van der Waals surface area contributed by atoms with Crippen LogP contribution in [-0.4, -0.2) is 23.7 Å². The minimum absolute atomic E-state index is 0.00411. The number of nitrogens with two attached hydrogens (primary N) is 1. The number of aliphatic hydroxyl groups excluding tert-OH is 1. The van der Waals surface area contributed by atoms with Crippen molar-refractivity contribution in [3.05, 3.63) is 28.0 Å². The number of benzene rings is 1. The first kappa shape index (κ1) is 15.9. The van der Waals surface area contributed by atoms with Gasteiger partial charge in [0.05, 0.1) is 11.3 Å². The molecule has 0 aliphatic heterocycles. The Kier molecular flexibility index (Phi) is 5.75. The van der Waals surface area contributed by atoms with Gasteiger partial charge < -0.3 is 16.2 Å². The van der Waals surface area contributed by atoms with Gasteiger partial charge in [-0.15, -0.1) is 0 Å². The van der Waals surface area contributed by atoms with Crippen molar-refractivity contribution in [1.82, 2.24) is 5.32 Å². The quantitative estimate of drug-likeness (QED) is 0.724. The molecule has 1 unspecified atom stereocenters. The van der Waals surface area contributed by atoms with Crippen LogP contribution in [0.4, 0.5) is 10.1 Å². The van der Waals surface area contributed by atoms with E-state index in [1.165, 1.54) is 12.1 Å². The molecule has 1 amide bonds. The fourth-order valence-corrected chi connectivity index (χ4v) is 2.19. The molecule has 0 spiro atoms. The molecule has 6 heteroatoms. The lowest BCUT2D eigenvalue weighted by molar-refractivity contribution is 0.0916. The average Bonchev–Trinajstić information content (AvgIpc) is 2.32. The van der Waals surface area contributed by atoms with Crippen molar-refractivity contribution in [2.45, 2.75) is 26.3 Å². The molecule has 0 radical (unpaired) electrons. The Morgan fingerprint density at radius 1 is 1.53 bits per heavy atom. The van der Waals surface area contributed by atoms with Gasteiger partial charge in [-0.25, -0.2) is 4.39 Å². The van der Waals surface area contributed by atoms with Gasteiger partial charge in [0.2, 0.25) is 0 Å². The van der Waals surface area contributed by atoms with Crippen LogP contribution in [0.1, 0.15) is 30.6 Å². The molecule has 0 aliphatic carbocycles. The van der Waals surface area contributed by atoms with Crippen molar-refractivity contribution in [3.63, 3.8) is 0 Å². The largest absolute Gasteiger partial charge is 0.396 e. The maximum absolute atomic E-state index is 13.2. The lowest BCUT2D eigenvalue weighted by Crippen LogP contribution is -2.39.